The number of hydrogen-bond donors (Lipinski definition) is 1. The molecule has 25 heavy (non-hydrogen) atoms. The van der Waals surface area contributed by atoms with Gasteiger partial charge in [0.1, 0.15) is 6.33 Å². The van der Waals surface area contributed by atoms with Crippen LogP contribution in [0.2, 0.25) is 0 Å². The molecule has 1 aromatic heterocycles. The molecule has 0 aromatic carbocycles. The fourth-order valence-electron chi connectivity index (χ4n) is 4.53. The van der Waals surface area contributed by atoms with Gasteiger partial charge in [-0.1, -0.05) is 20.8 Å². The summed E-state index contributed by atoms with van der Waals surface area (Å²) in [5, 5.41) is 2.47. The average molecular weight is 356 g/mol. The van der Waals surface area contributed by atoms with Crippen molar-refractivity contribution in [1.29, 1.82) is 0 Å². The molecule has 2 fully saturated rings. The highest BCUT2D eigenvalue weighted by Crippen LogP contribution is 2.53. The zero-order chi connectivity index (χ0) is 18.4. The predicted molar refractivity (Wildman–Crippen MR) is 86.9 cm³/mol. The SMILES string of the molecule is CCc1ncnc(N2CCCC3C(NC(=O)C(F)F)C(C)(C)C32)c1F. The Balaban J connectivity index is 1.87. The quantitative estimate of drug-likeness (QED) is 0.901. The monoisotopic (exact) mass is 356 g/mol. The third kappa shape index (κ3) is 2.85. The van der Waals surface area contributed by atoms with Crippen molar-refractivity contribution in [3.63, 3.8) is 0 Å². The number of carbonyl (C=O) groups excluding carboxylic acids is 1. The lowest BCUT2D eigenvalue weighted by Gasteiger charge is -2.64. The molecule has 3 rings (SSSR count). The number of hydrogen-bond acceptors (Lipinski definition) is 4. The second kappa shape index (κ2) is 6.46. The van der Waals surface area contributed by atoms with Crippen molar-refractivity contribution in [3.8, 4) is 0 Å². The molecule has 1 amide bonds. The van der Waals surface area contributed by atoms with E-state index in [0.29, 0.717) is 18.7 Å². The van der Waals surface area contributed by atoms with E-state index >= 15 is 0 Å². The lowest BCUT2D eigenvalue weighted by Crippen LogP contribution is -2.75. The first-order chi connectivity index (χ1) is 11.8. The molecule has 1 aromatic rings. The lowest BCUT2D eigenvalue weighted by molar-refractivity contribution is -0.138. The van der Waals surface area contributed by atoms with Gasteiger partial charge in [-0.2, -0.15) is 8.78 Å². The van der Waals surface area contributed by atoms with Gasteiger partial charge < -0.3 is 10.2 Å². The number of halogens is 3. The highest BCUT2D eigenvalue weighted by atomic mass is 19.3. The molecule has 2 heterocycles. The van der Waals surface area contributed by atoms with Crippen molar-refractivity contribution in [2.24, 2.45) is 11.3 Å². The molecular weight excluding hydrogens is 333 g/mol. The third-order valence-electron chi connectivity index (χ3n) is 5.62. The van der Waals surface area contributed by atoms with E-state index in [2.05, 4.69) is 15.3 Å². The minimum Gasteiger partial charge on any atom is -0.350 e. The highest BCUT2D eigenvalue weighted by molar-refractivity contribution is 5.79. The van der Waals surface area contributed by atoms with Gasteiger partial charge in [-0.15, -0.1) is 0 Å². The first kappa shape index (κ1) is 17.9. The second-order valence-corrected chi connectivity index (χ2v) is 7.36. The summed E-state index contributed by atoms with van der Waals surface area (Å²) in [4.78, 5) is 21.5. The first-order valence-corrected chi connectivity index (χ1v) is 8.63. The summed E-state index contributed by atoms with van der Waals surface area (Å²) in [6.07, 6.45) is 0.415. The van der Waals surface area contributed by atoms with Gasteiger partial charge in [-0.05, 0) is 19.3 Å². The normalized spacial score (nSPS) is 27.6. The third-order valence-corrected chi connectivity index (χ3v) is 5.62. The Labute approximate surface area is 145 Å². The van der Waals surface area contributed by atoms with Crippen LogP contribution in [-0.4, -0.2) is 40.9 Å². The second-order valence-electron chi connectivity index (χ2n) is 7.36. The number of nitrogens with one attached hydrogen (secondary N) is 1. The predicted octanol–water partition coefficient (Wildman–Crippen LogP) is 2.55. The van der Waals surface area contributed by atoms with Crippen LogP contribution in [0.25, 0.3) is 0 Å². The van der Waals surface area contributed by atoms with Gasteiger partial charge >= 0.3 is 6.43 Å². The number of anilines is 1. The van der Waals surface area contributed by atoms with Crippen LogP contribution in [0.3, 0.4) is 0 Å². The average Bonchev–Trinajstić information content (AvgIpc) is 2.58. The Hall–Kier alpha value is -1.86. The molecule has 1 N–H and O–H groups in total. The van der Waals surface area contributed by atoms with E-state index in [1.54, 1.807) is 0 Å². The van der Waals surface area contributed by atoms with Crippen molar-refractivity contribution in [1.82, 2.24) is 15.3 Å². The van der Waals surface area contributed by atoms with Crippen molar-refractivity contribution < 1.29 is 18.0 Å². The molecule has 1 aliphatic heterocycles. The largest absolute Gasteiger partial charge is 0.350 e. The summed E-state index contributed by atoms with van der Waals surface area (Å²) in [6, 6.07) is -0.407. The number of aryl methyl sites for hydroxylation is 1. The van der Waals surface area contributed by atoms with Gasteiger partial charge in [0, 0.05) is 30.0 Å². The number of nitrogens with zero attached hydrogens (tertiary/aromatic N) is 3. The summed E-state index contributed by atoms with van der Waals surface area (Å²) < 4.78 is 39.9. The Morgan fingerprint density at radius 2 is 2.16 bits per heavy atom. The smallest absolute Gasteiger partial charge is 0.315 e. The van der Waals surface area contributed by atoms with Gasteiger partial charge in [0.2, 0.25) is 0 Å². The Morgan fingerprint density at radius 3 is 2.80 bits per heavy atom. The maximum Gasteiger partial charge on any atom is 0.315 e. The highest BCUT2D eigenvalue weighted by Gasteiger charge is 2.60. The van der Waals surface area contributed by atoms with Crippen molar-refractivity contribution in [2.75, 3.05) is 11.4 Å². The zero-order valence-electron chi connectivity index (χ0n) is 14.6. The zero-order valence-corrected chi connectivity index (χ0v) is 14.6. The van der Waals surface area contributed by atoms with Crippen molar-refractivity contribution in [3.05, 3.63) is 17.8 Å². The summed E-state index contributed by atoms with van der Waals surface area (Å²) in [6.45, 7) is 6.32. The summed E-state index contributed by atoms with van der Waals surface area (Å²) >= 11 is 0. The fraction of sp³-hybridized carbons (Fsp3) is 0.706. The van der Waals surface area contributed by atoms with Gasteiger partial charge in [0.25, 0.3) is 5.91 Å². The van der Waals surface area contributed by atoms with Crippen LogP contribution in [-0.2, 0) is 11.2 Å². The first-order valence-electron chi connectivity index (χ1n) is 8.63. The number of fused-ring (bicyclic) bond motifs is 1. The number of aromatic nitrogens is 2. The van der Waals surface area contributed by atoms with Gasteiger partial charge in [-0.25, -0.2) is 14.4 Å². The topological polar surface area (TPSA) is 58.1 Å². The number of piperidine rings is 1. The van der Waals surface area contributed by atoms with E-state index < -0.39 is 23.6 Å². The Kier molecular flexibility index (Phi) is 4.64. The Morgan fingerprint density at radius 1 is 1.44 bits per heavy atom. The molecule has 1 saturated heterocycles. The van der Waals surface area contributed by atoms with Gasteiger partial charge in [0.15, 0.2) is 11.6 Å². The summed E-state index contributed by atoms with van der Waals surface area (Å²) in [5.74, 6) is -1.38. The Bertz CT molecular complexity index is 667. The lowest BCUT2D eigenvalue weighted by atomic mass is 9.52. The van der Waals surface area contributed by atoms with E-state index in [1.165, 1.54) is 6.33 Å². The molecule has 0 spiro atoms. The van der Waals surface area contributed by atoms with Crippen LogP contribution in [0.5, 0.6) is 0 Å². The number of alkyl halides is 2. The molecule has 1 aliphatic carbocycles. The van der Waals surface area contributed by atoms with E-state index in [-0.39, 0.29) is 23.8 Å². The molecule has 138 valence electrons. The molecule has 2 aliphatic rings. The maximum absolute atomic E-state index is 14.7. The molecule has 3 atom stereocenters. The van der Waals surface area contributed by atoms with Crippen LogP contribution in [0.4, 0.5) is 19.0 Å². The molecular formula is C17H23F3N4O. The van der Waals surface area contributed by atoms with E-state index in [4.69, 9.17) is 0 Å². The maximum atomic E-state index is 14.7. The van der Waals surface area contributed by atoms with Crippen LogP contribution < -0.4 is 10.2 Å². The molecule has 1 saturated carbocycles. The minimum absolute atomic E-state index is 0.00546. The molecule has 3 unspecified atom stereocenters. The molecule has 5 nitrogen and oxygen atoms in total. The van der Waals surface area contributed by atoms with Gasteiger partial charge in [0.05, 0.1) is 5.69 Å². The number of carbonyl (C=O) groups is 1. The molecule has 8 heteroatoms. The van der Waals surface area contributed by atoms with E-state index in [1.807, 2.05) is 25.7 Å². The van der Waals surface area contributed by atoms with Crippen LogP contribution >= 0.6 is 0 Å². The molecule has 0 bridgehead atoms. The number of rotatable bonds is 4. The van der Waals surface area contributed by atoms with Crippen LogP contribution in [0.15, 0.2) is 6.33 Å². The summed E-state index contributed by atoms with van der Waals surface area (Å²) in [7, 11) is 0. The van der Waals surface area contributed by atoms with Crippen molar-refractivity contribution >= 4 is 11.7 Å². The van der Waals surface area contributed by atoms with Crippen LogP contribution in [0.1, 0.15) is 39.3 Å². The van der Waals surface area contributed by atoms with E-state index in [9.17, 15) is 18.0 Å². The van der Waals surface area contributed by atoms with Crippen LogP contribution in [0, 0.1) is 17.2 Å². The van der Waals surface area contributed by atoms with Crippen molar-refractivity contribution in [2.45, 2.75) is 58.5 Å². The minimum atomic E-state index is -3.03. The fourth-order valence-corrected chi connectivity index (χ4v) is 4.53. The standard InChI is InChI=1S/C17H23F3N4O/c1-4-10-11(18)15(22-8-21-10)24-7-5-6-9-12(17(2,3)13(9)24)23-16(25)14(19)20/h8-9,12-14H,4-7H2,1-3H3,(H,23,25). The molecule has 0 radical (unpaired) electrons. The number of amides is 1. The summed E-state index contributed by atoms with van der Waals surface area (Å²) in [5.41, 5.74) is -0.0915. The van der Waals surface area contributed by atoms with E-state index in [0.717, 1.165) is 12.8 Å². The van der Waals surface area contributed by atoms with Gasteiger partial charge in [-0.3, -0.25) is 4.79 Å².